The monoisotopic (exact) mass is 374 g/mol. The van der Waals surface area contributed by atoms with E-state index in [1.54, 1.807) is 4.68 Å². The highest BCUT2D eigenvalue weighted by Crippen LogP contribution is 2.51. The van der Waals surface area contributed by atoms with Gasteiger partial charge in [-0.2, -0.15) is 5.10 Å². The molecule has 0 radical (unpaired) electrons. The van der Waals surface area contributed by atoms with Crippen molar-refractivity contribution < 1.29 is 14.3 Å². The van der Waals surface area contributed by atoms with E-state index in [4.69, 9.17) is 4.74 Å². The van der Waals surface area contributed by atoms with E-state index in [-0.39, 0.29) is 23.7 Å². The molecule has 3 fully saturated rings. The first-order valence-corrected chi connectivity index (χ1v) is 9.82. The van der Waals surface area contributed by atoms with Gasteiger partial charge in [0.15, 0.2) is 0 Å². The van der Waals surface area contributed by atoms with Crippen LogP contribution in [0.1, 0.15) is 5.82 Å². The van der Waals surface area contributed by atoms with Gasteiger partial charge < -0.3 is 19.4 Å². The Morgan fingerprint density at radius 2 is 1.78 bits per heavy atom. The maximum Gasteiger partial charge on any atom is 0.229 e. The number of hydrogen-bond acceptors (Lipinski definition) is 6. The van der Waals surface area contributed by atoms with Gasteiger partial charge in [-0.15, -0.1) is 0 Å². The Balaban J connectivity index is 1.34. The van der Waals surface area contributed by atoms with Crippen molar-refractivity contribution in [1.29, 1.82) is 0 Å². The van der Waals surface area contributed by atoms with Crippen molar-refractivity contribution in [2.45, 2.75) is 13.1 Å². The molecule has 0 spiro atoms. The topological polar surface area (TPSA) is 83.8 Å². The molecule has 146 valence electrons. The lowest BCUT2D eigenvalue weighted by atomic mass is 10.1. The second-order valence-corrected chi connectivity index (χ2v) is 8.29. The fourth-order valence-electron chi connectivity index (χ4n) is 4.76. The summed E-state index contributed by atoms with van der Waals surface area (Å²) < 4.78 is 7.22. The molecule has 1 aromatic heterocycles. The number of likely N-dealkylation sites (N-methyl/N-ethyl adjacent to an activating group) is 1. The van der Waals surface area contributed by atoms with E-state index >= 15 is 0 Å². The molecule has 2 unspecified atom stereocenters. The maximum absolute atomic E-state index is 13.2. The second kappa shape index (κ2) is 6.56. The molecular weight excluding hydrogens is 348 g/mol. The van der Waals surface area contributed by atoms with Crippen LogP contribution in [-0.4, -0.2) is 94.3 Å². The van der Waals surface area contributed by atoms with Gasteiger partial charge in [-0.1, -0.05) is 0 Å². The second-order valence-electron chi connectivity index (χ2n) is 8.29. The standard InChI is InChI=1S/C18H26N6O3/c1-21-2-4-22(5-3-21)17(25)12-6-23(8-15-19-11-20-24(15)7-12)18(26)16-13-9-27-10-14(13)16/h11-14,16H,2-10H2,1H3/t12?,13-,14+,16?. The molecule has 0 N–H and O–H groups in total. The van der Waals surface area contributed by atoms with Crippen molar-refractivity contribution in [2.24, 2.45) is 23.7 Å². The number of piperazine rings is 1. The van der Waals surface area contributed by atoms with Gasteiger partial charge in [-0.25, -0.2) is 9.67 Å². The summed E-state index contributed by atoms with van der Waals surface area (Å²) >= 11 is 0. The van der Waals surface area contributed by atoms with Gasteiger partial charge in [-0.3, -0.25) is 9.59 Å². The number of carbonyl (C=O) groups is 2. The summed E-state index contributed by atoms with van der Waals surface area (Å²) in [5, 5.41) is 4.29. The number of nitrogens with zero attached hydrogens (tertiary/aromatic N) is 6. The smallest absolute Gasteiger partial charge is 0.229 e. The Kier molecular flexibility index (Phi) is 4.16. The van der Waals surface area contributed by atoms with Crippen LogP contribution in [-0.2, 0) is 27.4 Å². The van der Waals surface area contributed by atoms with Gasteiger partial charge in [0.2, 0.25) is 11.8 Å². The number of hydrogen-bond donors (Lipinski definition) is 0. The fourth-order valence-corrected chi connectivity index (χ4v) is 4.76. The molecule has 2 saturated heterocycles. The summed E-state index contributed by atoms with van der Waals surface area (Å²) in [6, 6.07) is 0. The number of rotatable bonds is 2. The lowest BCUT2D eigenvalue weighted by molar-refractivity contribution is -0.141. The third-order valence-corrected chi connectivity index (χ3v) is 6.58. The zero-order valence-corrected chi connectivity index (χ0v) is 15.7. The van der Waals surface area contributed by atoms with Crippen LogP contribution in [0, 0.1) is 23.7 Å². The highest BCUT2D eigenvalue weighted by Gasteiger charge is 2.59. The fraction of sp³-hybridized carbons (Fsp3) is 0.778. The average molecular weight is 374 g/mol. The third-order valence-electron chi connectivity index (χ3n) is 6.58. The molecule has 4 heterocycles. The van der Waals surface area contributed by atoms with E-state index in [1.165, 1.54) is 6.33 Å². The summed E-state index contributed by atoms with van der Waals surface area (Å²) in [6.45, 7) is 6.02. The number of amides is 2. The van der Waals surface area contributed by atoms with Crippen LogP contribution >= 0.6 is 0 Å². The van der Waals surface area contributed by atoms with Crippen LogP contribution in [0.25, 0.3) is 0 Å². The minimum absolute atomic E-state index is 0.0626. The van der Waals surface area contributed by atoms with E-state index in [9.17, 15) is 9.59 Å². The normalized spacial score (nSPS) is 33.4. The van der Waals surface area contributed by atoms with E-state index in [0.717, 1.165) is 32.0 Å². The maximum atomic E-state index is 13.2. The predicted molar refractivity (Wildman–Crippen MR) is 94.3 cm³/mol. The van der Waals surface area contributed by atoms with Gasteiger partial charge >= 0.3 is 0 Å². The SMILES string of the molecule is CN1CCN(C(=O)C2CN(C(=O)C3[C@H]4COC[C@@H]34)Cc3ncnn3C2)CC1. The summed E-state index contributed by atoms with van der Waals surface area (Å²) in [4.78, 5) is 36.6. The van der Waals surface area contributed by atoms with Crippen LogP contribution in [0.2, 0.25) is 0 Å². The molecule has 2 amide bonds. The number of aromatic nitrogens is 3. The van der Waals surface area contributed by atoms with Crippen LogP contribution in [0.15, 0.2) is 6.33 Å². The zero-order valence-electron chi connectivity index (χ0n) is 15.7. The van der Waals surface area contributed by atoms with Gasteiger partial charge in [0.25, 0.3) is 0 Å². The molecule has 5 rings (SSSR count). The number of ether oxygens (including phenoxy) is 1. The lowest BCUT2D eigenvalue weighted by Gasteiger charge is -2.35. The summed E-state index contributed by atoms with van der Waals surface area (Å²) in [7, 11) is 2.08. The Morgan fingerprint density at radius 1 is 1.04 bits per heavy atom. The predicted octanol–water partition coefficient (Wildman–Crippen LogP) is -1.10. The molecule has 1 aromatic rings. The van der Waals surface area contributed by atoms with Gasteiger partial charge in [0.1, 0.15) is 12.2 Å². The highest BCUT2D eigenvalue weighted by atomic mass is 16.5. The first-order valence-electron chi connectivity index (χ1n) is 9.82. The van der Waals surface area contributed by atoms with Crippen LogP contribution in [0.4, 0.5) is 0 Å². The highest BCUT2D eigenvalue weighted by molar-refractivity contribution is 5.84. The molecule has 9 nitrogen and oxygen atoms in total. The zero-order chi connectivity index (χ0) is 18.5. The molecule has 0 aromatic carbocycles. The molecule has 9 heteroatoms. The minimum atomic E-state index is -0.268. The van der Waals surface area contributed by atoms with E-state index in [0.29, 0.717) is 44.7 Å². The minimum Gasteiger partial charge on any atom is -0.381 e. The van der Waals surface area contributed by atoms with Gasteiger partial charge in [-0.05, 0) is 18.9 Å². The molecule has 4 atom stereocenters. The van der Waals surface area contributed by atoms with Crippen molar-refractivity contribution in [1.82, 2.24) is 29.5 Å². The first-order chi connectivity index (χ1) is 13.1. The number of fused-ring (bicyclic) bond motifs is 2. The quantitative estimate of drug-likeness (QED) is 0.654. The summed E-state index contributed by atoms with van der Waals surface area (Å²) in [5.41, 5.74) is 0. The summed E-state index contributed by atoms with van der Waals surface area (Å²) in [5.74, 6) is 1.57. The Morgan fingerprint density at radius 3 is 2.52 bits per heavy atom. The molecule has 4 aliphatic rings. The van der Waals surface area contributed by atoms with E-state index in [2.05, 4.69) is 22.0 Å². The largest absolute Gasteiger partial charge is 0.381 e. The van der Waals surface area contributed by atoms with Crippen molar-refractivity contribution in [3.63, 3.8) is 0 Å². The van der Waals surface area contributed by atoms with Crippen LogP contribution < -0.4 is 0 Å². The molecular formula is C18H26N6O3. The van der Waals surface area contributed by atoms with Crippen LogP contribution in [0.3, 0.4) is 0 Å². The lowest BCUT2D eigenvalue weighted by Crippen LogP contribution is -2.51. The van der Waals surface area contributed by atoms with Gasteiger partial charge in [0.05, 0.1) is 32.2 Å². The number of carbonyl (C=O) groups excluding carboxylic acids is 2. The Bertz CT molecular complexity index is 733. The van der Waals surface area contributed by atoms with Crippen LogP contribution in [0.5, 0.6) is 0 Å². The molecule has 3 aliphatic heterocycles. The average Bonchev–Trinajstić information content (AvgIpc) is 2.97. The van der Waals surface area contributed by atoms with Crippen molar-refractivity contribution in [2.75, 3.05) is 53.0 Å². The molecule has 27 heavy (non-hydrogen) atoms. The molecule has 1 aliphatic carbocycles. The van der Waals surface area contributed by atoms with Crippen molar-refractivity contribution >= 4 is 11.8 Å². The van der Waals surface area contributed by atoms with Gasteiger partial charge in [0, 0.05) is 38.6 Å². The molecule has 1 saturated carbocycles. The van der Waals surface area contributed by atoms with E-state index < -0.39 is 0 Å². The summed E-state index contributed by atoms with van der Waals surface area (Å²) in [6.07, 6.45) is 1.51. The van der Waals surface area contributed by atoms with Crippen molar-refractivity contribution in [3.8, 4) is 0 Å². The Hall–Kier alpha value is -2.00. The molecule has 0 bridgehead atoms. The van der Waals surface area contributed by atoms with Crippen molar-refractivity contribution in [3.05, 3.63) is 12.2 Å². The first kappa shape index (κ1) is 17.1. The van der Waals surface area contributed by atoms with E-state index in [1.807, 2.05) is 9.80 Å². The Labute approximate surface area is 158 Å². The third kappa shape index (κ3) is 3.02.